The van der Waals surface area contributed by atoms with Crippen LogP contribution in [0.5, 0.6) is 0 Å². The average Bonchev–Trinajstić information content (AvgIpc) is 3.43. The zero-order chi connectivity index (χ0) is 30.6. The van der Waals surface area contributed by atoms with E-state index in [4.69, 9.17) is 14.2 Å². The van der Waals surface area contributed by atoms with Gasteiger partial charge in [0.25, 0.3) is 0 Å². The van der Waals surface area contributed by atoms with Crippen LogP contribution in [0.15, 0.2) is 89.9 Å². The standard InChI is InChI=1S/C34H34N4O6/c1-22-8-12-25(13-9-22)32(39)42-21-29-28(44-33(40)26-14-10-23(2)11-15-26)18-30(43-29)37-20-27-16-17-35-38(31(27)36-34(37)41)19-24-6-4-3-5-7-24/h3-15,20,28-30,35H,16-19,21H2,1-2H3/t28-,29+,30+/m0/s1. The van der Waals surface area contributed by atoms with Gasteiger partial charge in [-0.1, -0.05) is 65.7 Å². The molecule has 4 aromatic rings. The average molecular weight is 595 g/mol. The van der Waals surface area contributed by atoms with Crippen molar-refractivity contribution in [2.75, 3.05) is 18.2 Å². The van der Waals surface area contributed by atoms with Gasteiger partial charge in [0.2, 0.25) is 0 Å². The third-order valence-electron chi connectivity index (χ3n) is 7.84. The molecule has 10 heteroatoms. The van der Waals surface area contributed by atoms with E-state index < -0.39 is 36.1 Å². The van der Waals surface area contributed by atoms with Crippen LogP contribution in [0.3, 0.4) is 0 Å². The van der Waals surface area contributed by atoms with Crippen LogP contribution in [0.4, 0.5) is 5.82 Å². The highest BCUT2D eigenvalue weighted by molar-refractivity contribution is 5.90. The van der Waals surface area contributed by atoms with Crippen LogP contribution in [-0.2, 0) is 27.2 Å². The molecule has 0 spiro atoms. The first-order valence-electron chi connectivity index (χ1n) is 14.7. The van der Waals surface area contributed by atoms with Gasteiger partial charge in [-0.2, -0.15) is 4.98 Å². The minimum atomic E-state index is -0.789. The van der Waals surface area contributed by atoms with Crippen LogP contribution >= 0.6 is 0 Å². The van der Waals surface area contributed by atoms with Crippen molar-refractivity contribution in [1.29, 1.82) is 0 Å². The zero-order valence-corrected chi connectivity index (χ0v) is 24.6. The molecule has 3 aromatic carbocycles. The van der Waals surface area contributed by atoms with Crippen molar-refractivity contribution in [2.24, 2.45) is 0 Å². The van der Waals surface area contributed by atoms with E-state index in [9.17, 15) is 14.4 Å². The van der Waals surface area contributed by atoms with Crippen molar-refractivity contribution in [1.82, 2.24) is 15.0 Å². The SMILES string of the molecule is Cc1ccc(C(=O)OC[C@H]2O[C@@H](n3cc4c(nc3=O)N(Cc3ccccc3)NCC4)C[C@@H]2OC(=O)c2ccc(C)cc2)cc1. The Hall–Kier alpha value is -4.80. The molecular weight excluding hydrogens is 560 g/mol. The highest BCUT2D eigenvalue weighted by Crippen LogP contribution is 2.32. The van der Waals surface area contributed by atoms with Crippen LogP contribution in [0.1, 0.15) is 55.6 Å². The van der Waals surface area contributed by atoms with Gasteiger partial charge in [-0.05, 0) is 50.1 Å². The Labute approximate surface area is 255 Å². The molecule has 1 fully saturated rings. The van der Waals surface area contributed by atoms with Gasteiger partial charge in [0.1, 0.15) is 25.0 Å². The summed E-state index contributed by atoms with van der Waals surface area (Å²) in [6.07, 6.45) is 0.313. The van der Waals surface area contributed by atoms with E-state index in [1.807, 2.05) is 73.5 Å². The number of hydrazine groups is 1. The number of aromatic nitrogens is 2. The molecule has 0 unspecified atom stereocenters. The first kappa shape index (κ1) is 29.3. The number of fused-ring (bicyclic) bond motifs is 1. The Morgan fingerprint density at radius 1 is 0.932 bits per heavy atom. The molecule has 0 saturated carbocycles. The second kappa shape index (κ2) is 12.8. The van der Waals surface area contributed by atoms with E-state index in [1.165, 1.54) is 4.57 Å². The number of aryl methyl sites for hydroxylation is 2. The fourth-order valence-electron chi connectivity index (χ4n) is 5.39. The number of carbonyl (C=O) groups excluding carboxylic acids is 2. The second-order valence-electron chi connectivity index (χ2n) is 11.1. The van der Waals surface area contributed by atoms with Crippen molar-refractivity contribution >= 4 is 17.8 Å². The smallest absolute Gasteiger partial charge is 0.351 e. The molecule has 1 N–H and O–H groups in total. The first-order valence-corrected chi connectivity index (χ1v) is 14.7. The third kappa shape index (κ3) is 6.56. The summed E-state index contributed by atoms with van der Waals surface area (Å²) in [4.78, 5) is 43.6. The minimum Gasteiger partial charge on any atom is -0.459 e. The molecule has 2 aliphatic rings. The highest BCUT2D eigenvalue weighted by atomic mass is 16.6. The van der Waals surface area contributed by atoms with E-state index in [-0.39, 0.29) is 13.0 Å². The summed E-state index contributed by atoms with van der Waals surface area (Å²) in [7, 11) is 0. The summed E-state index contributed by atoms with van der Waals surface area (Å²) in [6.45, 7) is 4.94. The number of carbonyl (C=O) groups is 2. The second-order valence-corrected chi connectivity index (χ2v) is 11.1. The fourth-order valence-corrected chi connectivity index (χ4v) is 5.39. The normalized spacial score (nSPS) is 19.3. The van der Waals surface area contributed by atoms with Crippen molar-refractivity contribution in [3.05, 3.63) is 129 Å². The molecule has 10 nitrogen and oxygen atoms in total. The minimum absolute atomic E-state index is 0.156. The molecule has 226 valence electrons. The lowest BCUT2D eigenvalue weighted by atomic mass is 10.1. The molecule has 44 heavy (non-hydrogen) atoms. The maximum Gasteiger partial charge on any atom is 0.351 e. The molecular formula is C34H34N4O6. The number of nitrogens with zero attached hydrogens (tertiary/aromatic N) is 3. The Balaban J connectivity index is 1.22. The summed E-state index contributed by atoms with van der Waals surface area (Å²) in [5.41, 5.74) is 7.65. The molecule has 0 bridgehead atoms. The van der Waals surface area contributed by atoms with E-state index in [2.05, 4.69) is 10.4 Å². The summed E-state index contributed by atoms with van der Waals surface area (Å²) >= 11 is 0. The molecule has 0 amide bonds. The monoisotopic (exact) mass is 594 g/mol. The molecule has 0 aliphatic carbocycles. The lowest BCUT2D eigenvalue weighted by molar-refractivity contribution is -0.0582. The Bertz CT molecular complexity index is 1690. The predicted molar refractivity (Wildman–Crippen MR) is 163 cm³/mol. The number of anilines is 1. The van der Waals surface area contributed by atoms with Crippen molar-refractivity contribution in [3.8, 4) is 0 Å². The largest absolute Gasteiger partial charge is 0.459 e. The predicted octanol–water partition coefficient (Wildman–Crippen LogP) is 4.30. The summed E-state index contributed by atoms with van der Waals surface area (Å²) < 4.78 is 19.2. The molecule has 6 rings (SSSR count). The first-order chi connectivity index (χ1) is 21.3. The number of hydrogen-bond acceptors (Lipinski definition) is 9. The van der Waals surface area contributed by atoms with Crippen molar-refractivity contribution < 1.29 is 23.8 Å². The van der Waals surface area contributed by atoms with Gasteiger partial charge in [-0.3, -0.25) is 9.58 Å². The summed E-state index contributed by atoms with van der Waals surface area (Å²) in [6, 6.07) is 24.1. The fraction of sp³-hybridized carbons (Fsp3) is 0.294. The lowest BCUT2D eigenvalue weighted by Crippen LogP contribution is -2.45. The number of hydrogen-bond donors (Lipinski definition) is 1. The van der Waals surface area contributed by atoms with Gasteiger partial charge in [-0.15, -0.1) is 0 Å². The van der Waals surface area contributed by atoms with Gasteiger partial charge in [0.05, 0.1) is 17.7 Å². The van der Waals surface area contributed by atoms with Crippen molar-refractivity contribution in [2.45, 2.75) is 51.7 Å². The number of esters is 2. The number of benzene rings is 3. The van der Waals surface area contributed by atoms with Gasteiger partial charge < -0.3 is 14.2 Å². The topological polar surface area (TPSA) is 112 Å². The quantitative estimate of drug-likeness (QED) is 0.299. The lowest BCUT2D eigenvalue weighted by Gasteiger charge is -2.31. The maximum atomic E-state index is 13.4. The molecule has 1 aromatic heterocycles. The Kier molecular flexibility index (Phi) is 8.53. The summed E-state index contributed by atoms with van der Waals surface area (Å²) in [5, 5.41) is 1.88. The van der Waals surface area contributed by atoms with Crippen LogP contribution in [0.2, 0.25) is 0 Å². The highest BCUT2D eigenvalue weighted by Gasteiger charge is 2.41. The molecule has 2 aliphatic heterocycles. The Morgan fingerprint density at radius 2 is 1.59 bits per heavy atom. The van der Waals surface area contributed by atoms with Crippen LogP contribution in [0.25, 0.3) is 0 Å². The molecule has 1 saturated heterocycles. The van der Waals surface area contributed by atoms with Crippen molar-refractivity contribution in [3.63, 3.8) is 0 Å². The van der Waals surface area contributed by atoms with Crippen LogP contribution in [-0.4, -0.2) is 46.8 Å². The molecule has 3 atom stereocenters. The third-order valence-corrected chi connectivity index (χ3v) is 7.84. The molecule has 0 radical (unpaired) electrons. The van der Waals surface area contributed by atoms with Crippen LogP contribution in [0, 0.1) is 13.8 Å². The number of ether oxygens (including phenoxy) is 3. The van der Waals surface area contributed by atoms with Crippen LogP contribution < -0.4 is 16.1 Å². The number of nitrogens with one attached hydrogen (secondary N) is 1. The van der Waals surface area contributed by atoms with E-state index in [0.717, 1.165) is 22.3 Å². The van der Waals surface area contributed by atoms with E-state index in [1.54, 1.807) is 30.5 Å². The van der Waals surface area contributed by atoms with E-state index >= 15 is 0 Å². The Morgan fingerprint density at radius 3 is 2.27 bits per heavy atom. The summed E-state index contributed by atoms with van der Waals surface area (Å²) in [5.74, 6) is -0.461. The van der Waals surface area contributed by atoms with E-state index in [0.29, 0.717) is 36.5 Å². The number of rotatable bonds is 8. The molecule has 3 heterocycles. The zero-order valence-electron chi connectivity index (χ0n) is 24.6. The van der Waals surface area contributed by atoms with Gasteiger partial charge in [0, 0.05) is 24.7 Å². The van der Waals surface area contributed by atoms with Gasteiger partial charge in [-0.25, -0.2) is 19.8 Å². The van der Waals surface area contributed by atoms with Gasteiger partial charge in [0.15, 0.2) is 5.82 Å². The maximum absolute atomic E-state index is 13.4. The van der Waals surface area contributed by atoms with Gasteiger partial charge >= 0.3 is 17.6 Å².